The molecule has 0 amide bonds. The van der Waals surface area contributed by atoms with Crippen molar-refractivity contribution in [3.8, 4) is 5.75 Å². The number of aromatic nitrogens is 1. The minimum atomic E-state index is 0.654. The van der Waals surface area contributed by atoms with Crippen molar-refractivity contribution in [1.82, 2.24) is 4.98 Å². The first-order chi connectivity index (χ1) is 14.6. The Hall–Kier alpha value is -2.69. The van der Waals surface area contributed by atoms with Crippen molar-refractivity contribution >= 4 is 52.0 Å². The minimum absolute atomic E-state index is 0.654. The molecule has 4 nitrogen and oxygen atoms in total. The normalized spacial score (nSPS) is 12.9. The highest BCUT2D eigenvalue weighted by molar-refractivity contribution is 6.38. The number of halogens is 2. The molecule has 0 saturated heterocycles. The molecule has 0 atom stereocenters. The monoisotopic (exact) mass is 439 g/mol. The van der Waals surface area contributed by atoms with Crippen LogP contribution in [0.25, 0.3) is 11.6 Å². The third-order valence-corrected chi connectivity index (χ3v) is 5.68. The van der Waals surface area contributed by atoms with Crippen molar-refractivity contribution in [2.75, 3.05) is 29.9 Å². The molecule has 1 aromatic heterocycles. The summed E-state index contributed by atoms with van der Waals surface area (Å²) in [5, 5.41) is 4.70. The number of hydrogen-bond acceptors (Lipinski definition) is 4. The number of nitrogens with one attached hydrogen (secondary N) is 1. The number of fused-ring (bicyclic) bond motifs is 1. The molecule has 4 rings (SSSR count). The van der Waals surface area contributed by atoms with Crippen LogP contribution in [0, 0.1) is 0 Å². The van der Waals surface area contributed by atoms with Gasteiger partial charge in [0.25, 0.3) is 0 Å². The summed E-state index contributed by atoms with van der Waals surface area (Å²) in [6.07, 6.45) is 4.01. The number of benzene rings is 2. The maximum absolute atomic E-state index is 6.45. The van der Waals surface area contributed by atoms with Crippen LogP contribution in [0.3, 0.4) is 0 Å². The molecule has 0 aliphatic carbocycles. The average Bonchev–Trinajstić information content (AvgIpc) is 2.75. The summed E-state index contributed by atoms with van der Waals surface area (Å²) in [4.78, 5) is 6.91. The molecule has 0 unspecified atom stereocenters. The van der Waals surface area contributed by atoms with E-state index in [9.17, 15) is 0 Å². The van der Waals surface area contributed by atoms with E-state index >= 15 is 0 Å². The van der Waals surface area contributed by atoms with E-state index in [4.69, 9.17) is 27.9 Å². The Balaban J connectivity index is 1.64. The number of pyridine rings is 1. The van der Waals surface area contributed by atoms with Crippen LogP contribution in [0.15, 0.2) is 54.7 Å². The van der Waals surface area contributed by atoms with E-state index in [2.05, 4.69) is 34.3 Å². The molecule has 1 aliphatic heterocycles. The maximum Gasteiger partial charge on any atom is 0.132 e. The molecule has 154 valence electrons. The second-order valence-electron chi connectivity index (χ2n) is 6.99. The highest BCUT2D eigenvalue weighted by Gasteiger charge is 2.21. The lowest BCUT2D eigenvalue weighted by molar-refractivity contribution is 0.340. The maximum atomic E-state index is 6.45. The summed E-state index contributed by atoms with van der Waals surface area (Å²) in [5.41, 5.74) is 5.12. The number of ether oxygens (including phenoxy) is 1. The van der Waals surface area contributed by atoms with Gasteiger partial charge >= 0.3 is 0 Å². The first kappa shape index (κ1) is 20.6. The Morgan fingerprint density at radius 1 is 1.07 bits per heavy atom. The lowest BCUT2D eigenvalue weighted by Crippen LogP contribution is -2.28. The zero-order chi connectivity index (χ0) is 21.1. The van der Waals surface area contributed by atoms with Gasteiger partial charge in [0.2, 0.25) is 0 Å². The molecule has 0 fully saturated rings. The summed E-state index contributed by atoms with van der Waals surface area (Å²) in [7, 11) is 0. The molecule has 0 spiro atoms. The van der Waals surface area contributed by atoms with E-state index in [-0.39, 0.29) is 0 Å². The van der Waals surface area contributed by atoms with E-state index in [1.165, 1.54) is 0 Å². The summed E-state index contributed by atoms with van der Waals surface area (Å²) in [5.74, 6) is 1.65. The number of rotatable bonds is 6. The van der Waals surface area contributed by atoms with Gasteiger partial charge in [0.15, 0.2) is 0 Å². The van der Waals surface area contributed by atoms with Gasteiger partial charge in [-0.3, -0.25) is 0 Å². The Bertz CT molecular complexity index is 1060. The van der Waals surface area contributed by atoms with Crippen molar-refractivity contribution in [2.45, 2.75) is 13.8 Å². The second-order valence-corrected chi connectivity index (χ2v) is 7.81. The van der Waals surface area contributed by atoms with E-state index < -0.39 is 0 Å². The van der Waals surface area contributed by atoms with E-state index in [0.29, 0.717) is 16.7 Å². The molecule has 3 aromatic rings. The van der Waals surface area contributed by atoms with Crippen LogP contribution in [0.2, 0.25) is 10.0 Å². The molecule has 0 radical (unpaired) electrons. The molecule has 2 heterocycles. The molecular formula is C24H23Cl2N3O. The molecule has 0 saturated carbocycles. The van der Waals surface area contributed by atoms with Gasteiger partial charge < -0.3 is 15.0 Å². The Kier molecular flexibility index (Phi) is 6.16. The van der Waals surface area contributed by atoms with Gasteiger partial charge in [0.05, 0.1) is 6.61 Å². The lowest BCUT2D eigenvalue weighted by atomic mass is 9.98. The smallest absolute Gasteiger partial charge is 0.132 e. The Labute approximate surface area is 187 Å². The van der Waals surface area contributed by atoms with Crippen molar-refractivity contribution < 1.29 is 4.74 Å². The van der Waals surface area contributed by atoms with Crippen molar-refractivity contribution in [3.63, 3.8) is 0 Å². The summed E-state index contributed by atoms with van der Waals surface area (Å²) in [6.45, 7) is 6.36. The van der Waals surface area contributed by atoms with Gasteiger partial charge in [-0.1, -0.05) is 29.3 Å². The summed E-state index contributed by atoms with van der Waals surface area (Å²) in [6, 6.07) is 15.6. The fraction of sp³-hybridized carbons (Fsp3) is 0.208. The van der Waals surface area contributed by atoms with Crippen molar-refractivity contribution in [2.24, 2.45) is 0 Å². The predicted molar refractivity (Wildman–Crippen MR) is 127 cm³/mol. The lowest BCUT2D eigenvalue weighted by Gasteiger charge is -2.31. The van der Waals surface area contributed by atoms with Gasteiger partial charge in [-0.25, -0.2) is 4.98 Å². The van der Waals surface area contributed by atoms with Crippen molar-refractivity contribution in [3.05, 3.63) is 75.9 Å². The Morgan fingerprint density at radius 3 is 2.47 bits per heavy atom. The second kappa shape index (κ2) is 8.99. The van der Waals surface area contributed by atoms with E-state index in [0.717, 1.165) is 52.7 Å². The molecule has 1 N–H and O–H groups in total. The van der Waals surface area contributed by atoms with Gasteiger partial charge in [0.1, 0.15) is 11.6 Å². The van der Waals surface area contributed by atoms with E-state index in [1.807, 2.05) is 55.6 Å². The zero-order valence-corrected chi connectivity index (χ0v) is 18.5. The molecule has 0 bridgehead atoms. The first-order valence-electron chi connectivity index (χ1n) is 9.99. The van der Waals surface area contributed by atoms with Crippen LogP contribution >= 0.6 is 23.2 Å². The van der Waals surface area contributed by atoms with Crippen LogP contribution in [0.5, 0.6) is 5.75 Å². The van der Waals surface area contributed by atoms with Gasteiger partial charge in [0, 0.05) is 57.9 Å². The fourth-order valence-electron chi connectivity index (χ4n) is 3.62. The predicted octanol–water partition coefficient (Wildman–Crippen LogP) is 6.91. The number of likely N-dealkylation sites (N-methyl/N-ethyl adjacent to an activating group) is 1. The zero-order valence-electron chi connectivity index (χ0n) is 17.0. The van der Waals surface area contributed by atoms with Gasteiger partial charge in [-0.2, -0.15) is 0 Å². The van der Waals surface area contributed by atoms with Crippen LogP contribution in [-0.4, -0.2) is 24.7 Å². The summed E-state index contributed by atoms with van der Waals surface area (Å²) < 4.78 is 5.50. The van der Waals surface area contributed by atoms with Gasteiger partial charge in [-0.05, 0) is 61.9 Å². The average molecular weight is 440 g/mol. The molecule has 1 aliphatic rings. The fourth-order valence-corrected chi connectivity index (χ4v) is 4.26. The van der Waals surface area contributed by atoms with Crippen LogP contribution < -0.4 is 15.0 Å². The van der Waals surface area contributed by atoms with Crippen LogP contribution in [-0.2, 0) is 0 Å². The summed E-state index contributed by atoms with van der Waals surface area (Å²) >= 11 is 12.9. The molecule has 6 heteroatoms. The third kappa shape index (κ3) is 4.25. The molecular weight excluding hydrogens is 417 g/mol. The van der Waals surface area contributed by atoms with Crippen LogP contribution in [0.4, 0.5) is 17.2 Å². The Morgan fingerprint density at radius 2 is 1.80 bits per heavy atom. The highest BCUT2D eigenvalue weighted by Crippen LogP contribution is 2.38. The molecule has 30 heavy (non-hydrogen) atoms. The SMILES string of the molecule is CCOc1ccc(Nc2cc3c(cn2)C=C(c2c(Cl)cccc2Cl)CN3CC)cc1. The number of hydrogen-bond donors (Lipinski definition) is 1. The van der Waals surface area contributed by atoms with E-state index in [1.54, 1.807) is 0 Å². The molecule has 2 aromatic carbocycles. The third-order valence-electron chi connectivity index (χ3n) is 5.05. The quantitative estimate of drug-likeness (QED) is 0.452. The topological polar surface area (TPSA) is 37.4 Å². The minimum Gasteiger partial charge on any atom is -0.494 e. The largest absolute Gasteiger partial charge is 0.494 e. The van der Waals surface area contributed by atoms with Gasteiger partial charge in [-0.15, -0.1) is 0 Å². The first-order valence-corrected chi connectivity index (χ1v) is 10.7. The standard InChI is InChI=1S/C24H23Cl2N3O/c1-3-29-15-17(24-20(25)6-5-7-21(24)26)12-16-14-27-23(13-22(16)29)28-18-8-10-19(11-9-18)30-4-2/h5-14H,3-4,15H2,1-2H3,(H,27,28). The van der Waals surface area contributed by atoms with Crippen LogP contribution in [0.1, 0.15) is 25.0 Å². The van der Waals surface area contributed by atoms with Crippen molar-refractivity contribution in [1.29, 1.82) is 0 Å². The number of anilines is 3. The highest BCUT2D eigenvalue weighted by atomic mass is 35.5. The number of nitrogens with zero attached hydrogens (tertiary/aromatic N) is 2.